The number of carbonyl (C=O) groups excluding carboxylic acids is 2. The zero-order valence-corrected chi connectivity index (χ0v) is 14.9. The number of nitrogens with zero attached hydrogens (tertiary/aromatic N) is 4. The van der Waals surface area contributed by atoms with Crippen molar-refractivity contribution in [3.8, 4) is 0 Å². The average molecular weight is 353 g/mol. The van der Waals surface area contributed by atoms with Crippen molar-refractivity contribution < 1.29 is 9.59 Å². The van der Waals surface area contributed by atoms with Crippen molar-refractivity contribution in [3.63, 3.8) is 0 Å². The predicted molar refractivity (Wildman–Crippen MR) is 95.0 cm³/mol. The van der Waals surface area contributed by atoms with Crippen molar-refractivity contribution in [3.05, 3.63) is 48.0 Å². The summed E-state index contributed by atoms with van der Waals surface area (Å²) in [4.78, 5) is 31.4. The van der Waals surface area contributed by atoms with Crippen LogP contribution in [0.15, 0.2) is 36.8 Å². The van der Waals surface area contributed by atoms with E-state index in [4.69, 9.17) is 0 Å². The van der Waals surface area contributed by atoms with Gasteiger partial charge in [-0.25, -0.2) is 0 Å². The van der Waals surface area contributed by atoms with Crippen LogP contribution in [0, 0.1) is 11.3 Å². The zero-order chi connectivity index (χ0) is 18.1. The van der Waals surface area contributed by atoms with Gasteiger partial charge in [-0.2, -0.15) is 5.10 Å². The largest absolute Gasteiger partial charge is 0.352 e. The van der Waals surface area contributed by atoms with Crippen LogP contribution in [0.2, 0.25) is 0 Å². The van der Waals surface area contributed by atoms with Gasteiger partial charge >= 0.3 is 0 Å². The Morgan fingerprint density at radius 2 is 2.04 bits per heavy atom. The van der Waals surface area contributed by atoms with Crippen LogP contribution >= 0.6 is 0 Å². The molecule has 26 heavy (non-hydrogen) atoms. The number of carbonyl (C=O) groups is 2. The Hall–Kier alpha value is -2.70. The van der Waals surface area contributed by atoms with Gasteiger partial charge in [-0.15, -0.1) is 0 Å². The van der Waals surface area contributed by atoms with Crippen LogP contribution in [0.4, 0.5) is 0 Å². The van der Waals surface area contributed by atoms with E-state index in [-0.39, 0.29) is 23.1 Å². The Morgan fingerprint density at radius 3 is 2.65 bits per heavy atom. The third kappa shape index (κ3) is 2.98. The summed E-state index contributed by atoms with van der Waals surface area (Å²) in [6.45, 7) is 1.61. The lowest BCUT2D eigenvalue weighted by Crippen LogP contribution is -2.45. The first-order valence-electron chi connectivity index (χ1n) is 9.03. The molecule has 1 unspecified atom stereocenters. The minimum atomic E-state index is -0.147. The molecule has 7 heteroatoms. The fourth-order valence-electron chi connectivity index (χ4n) is 4.13. The Balaban J connectivity index is 1.45. The third-order valence-electron chi connectivity index (χ3n) is 5.75. The van der Waals surface area contributed by atoms with Crippen molar-refractivity contribution in [2.24, 2.45) is 18.4 Å². The Morgan fingerprint density at radius 1 is 1.27 bits per heavy atom. The Labute approximate surface area is 152 Å². The van der Waals surface area contributed by atoms with E-state index in [1.54, 1.807) is 41.3 Å². The van der Waals surface area contributed by atoms with Crippen molar-refractivity contribution in [1.29, 1.82) is 0 Å². The van der Waals surface area contributed by atoms with Crippen molar-refractivity contribution in [2.45, 2.75) is 25.8 Å². The summed E-state index contributed by atoms with van der Waals surface area (Å²) >= 11 is 0. The van der Waals surface area contributed by atoms with Crippen molar-refractivity contribution in [2.75, 3.05) is 13.1 Å². The maximum Gasteiger partial charge on any atom is 0.274 e. The van der Waals surface area contributed by atoms with E-state index in [0.29, 0.717) is 25.3 Å². The molecule has 4 rings (SSSR count). The number of aryl methyl sites for hydroxylation is 1. The molecule has 1 N–H and O–H groups in total. The van der Waals surface area contributed by atoms with Crippen molar-refractivity contribution >= 4 is 11.8 Å². The highest BCUT2D eigenvalue weighted by molar-refractivity contribution is 5.93. The van der Waals surface area contributed by atoms with E-state index in [1.165, 1.54) is 0 Å². The van der Waals surface area contributed by atoms with Gasteiger partial charge in [0.05, 0.1) is 5.92 Å². The minimum absolute atomic E-state index is 0.0397. The topological polar surface area (TPSA) is 80.1 Å². The molecule has 2 aromatic heterocycles. The molecule has 136 valence electrons. The molecule has 0 aromatic carbocycles. The maximum absolute atomic E-state index is 12.9. The monoisotopic (exact) mass is 353 g/mol. The lowest BCUT2D eigenvalue weighted by atomic mass is 9.62. The average Bonchev–Trinajstić information content (AvgIpc) is 3.24. The second-order valence-corrected chi connectivity index (χ2v) is 7.40. The van der Waals surface area contributed by atoms with E-state index in [1.807, 2.05) is 12.1 Å². The van der Waals surface area contributed by atoms with Crippen LogP contribution in [0.3, 0.4) is 0 Å². The molecular formula is C19H23N5O2. The molecule has 0 bridgehead atoms. The molecule has 0 radical (unpaired) electrons. The molecule has 1 atom stereocenters. The number of nitrogens with one attached hydrogen (secondary N) is 1. The van der Waals surface area contributed by atoms with Gasteiger partial charge in [0.1, 0.15) is 5.69 Å². The molecule has 1 spiro atoms. The Bertz CT molecular complexity index is 812. The number of pyridine rings is 1. The smallest absolute Gasteiger partial charge is 0.274 e. The van der Waals surface area contributed by atoms with Gasteiger partial charge in [0, 0.05) is 50.7 Å². The lowest BCUT2D eigenvalue weighted by Gasteiger charge is -2.41. The molecule has 7 nitrogen and oxygen atoms in total. The number of aromatic nitrogens is 3. The molecule has 2 aliphatic rings. The first-order chi connectivity index (χ1) is 12.6. The molecule has 2 fully saturated rings. The summed E-state index contributed by atoms with van der Waals surface area (Å²) in [6.07, 6.45) is 8.34. The molecule has 1 saturated heterocycles. The Kier molecular flexibility index (Phi) is 4.22. The molecule has 3 heterocycles. The fourth-order valence-corrected chi connectivity index (χ4v) is 4.13. The van der Waals surface area contributed by atoms with E-state index >= 15 is 0 Å². The van der Waals surface area contributed by atoms with Crippen LogP contribution in [-0.4, -0.2) is 44.6 Å². The van der Waals surface area contributed by atoms with Gasteiger partial charge in [-0.1, -0.05) is 6.42 Å². The van der Waals surface area contributed by atoms with Gasteiger partial charge in [-0.3, -0.25) is 19.3 Å². The highest BCUT2D eigenvalue weighted by atomic mass is 16.2. The normalized spacial score (nSPS) is 20.8. The summed E-state index contributed by atoms with van der Waals surface area (Å²) in [7, 11) is 1.80. The van der Waals surface area contributed by atoms with Gasteiger partial charge in [0.2, 0.25) is 5.91 Å². The molecule has 2 amide bonds. The van der Waals surface area contributed by atoms with Crippen LogP contribution in [0.25, 0.3) is 0 Å². The van der Waals surface area contributed by atoms with E-state index < -0.39 is 0 Å². The summed E-state index contributed by atoms with van der Waals surface area (Å²) in [5.74, 6) is -0.190. The lowest BCUT2D eigenvalue weighted by molar-refractivity contribution is -0.129. The van der Waals surface area contributed by atoms with Crippen LogP contribution in [-0.2, 0) is 18.4 Å². The summed E-state index contributed by atoms with van der Waals surface area (Å²) in [6, 6.07) is 5.52. The quantitative estimate of drug-likeness (QED) is 0.900. The third-order valence-corrected chi connectivity index (χ3v) is 5.75. The van der Waals surface area contributed by atoms with Crippen LogP contribution in [0.1, 0.15) is 35.3 Å². The first-order valence-corrected chi connectivity index (χ1v) is 9.03. The van der Waals surface area contributed by atoms with Crippen LogP contribution < -0.4 is 5.32 Å². The SMILES string of the molecule is Cn1ccc(C(=O)N2CC(C(=O)NCc3ccncc3)C3(CCC3)C2)n1. The van der Waals surface area contributed by atoms with Gasteiger partial charge in [0.15, 0.2) is 0 Å². The van der Waals surface area contributed by atoms with E-state index in [2.05, 4.69) is 15.4 Å². The highest BCUT2D eigenvalue weighted by Gasteiger charge is 2.54. The number of hydrogen-bond donors (Lipinski definition) is 1. The number of rotatable bonds is 4. The predicted octanol–water partition coefficient (Wildman–Crippen LogP) is 1.37. The van der Waals surface area contributed by atoms with Crippen molar-refractivity contribution in [1.82, 2.24) is 25.0 Å². The van der Waals surface area contributed by atoms with Crippen LogP contribution in [0.5, 0.6) is 0 Å². The highest BCUT2D eigenvalue weighted by Crippen LogP contribution is 2.51. The van der Waals surface area contributed by atoms with E-state index in [9.17, 15) is 9.59 Å². The molecule has 1 saturated carbocycles. The second-order valence-electron chi connectivity index (χ2n) is 7.40. The maximum atomic E-state index is 12.9. The number of hydrogen-bond acceptors (Lipinski definition) is 4. The molecular weight excluding hydrogens is 330 g/mol. The summed E-state index contributed by atoms with van der Waals surface area (Å²) in [5, 5.41) is 7.25. The van der Waals surface area contributed by atoms with E-state index in [0.717, 1.165) is 24.8 Å². The minimum Gasteiger partial charge on any atom is -0.352 e. The fraction of sp³-hybridized carbons (Fsp3) is 0.474. The number of amides is 2. The summed E-state index contributed by atoms with van der Waals surface area (Å²) in [5.41, 5.74) is 1.41. The van der Waals surface area contributed by atoms with Gasteiger partial charge in [0.25, 0.3) is 5.91 Å². The van der Waals surface area contributed by atoms with Gasteiger partial charge < -0.3 is 10.2 Å². The zero-order valence-electron chi connectivity index (χ0n) is 14.9. The first kappa shape index (κ1) is 16.8. The molecule has 1 aliphatic heterocycles. The second kappa shape index (κ2) is 6.55. The summed E-state index contributed by atoms with van der Waals surface area (Å²) < 4.78 is 1.63. The standard InChI is InChI=1S/C19H23N5O2/c1-23-10-5-16(22-23)18(26)24-12-15(19(13-24)6-2-7-19)17(25)21-11-14-3-8-20-9-4-14/h3-5,8-10,15H,2,6-7,11-13H2,1H3,(H,21,25). The number of likely N-dealkylation sites (tertiary alicyclic amines) is 1. The molecule has 1 aliphatic carbocycles. The van der Waals surface area contributed by atoms with Gasteiger partial charge in [-0.05, 0) is 36.6 Å². The molecule has 2 aromatic rings.